The van der Waals surface area contributed by atoms with Crippen molar-refractivity contribution in [3.8, 4) is 5.75 Å². The average Bonchev–Trinajstić information content (AvgIpc) is 3.23. The molecule has 0 spiro atoms. The van der Waals surface area contributed by atoms with Crippen LogP contribution < -0.4 is 4.74 Å². The highest BCUT2D eigenvalue weighted by atomic mass is 16.5. The van der Waals surface area contributed by atoms with Crippen LogP contribution in [-0.2, 0) is 13.0 Å². The molecule has 1 fully saturated rings. The van der Waals surface area contributed by atoms with Gasteiger partial charge in [0.15, 0.2) is 5.69 Å². The summed E-state index contributed by atoms with van der Waals surface area (Å²) in [5.41, 5.74) is 1.64. The number of hydrogen-bond acceptors (Lipinski definition) is 4. The SMILES string of the molecule is CCCN(CC1CC1)C(=O)c1cc2n(n1)C[C@@H](Oc1cccnc1)C2. The average molecular weight is 340 g/mol. The van der Waals surface area contributed by atoms with Gasteiger partial charge in [-0.2, -0.15) is 5.10 Å². The number of aromatic nitrogens is 3. The fourth-order valence-corrected chi connectivity index (χ4v) is 3.38. The second-order valence-corrected chi connectivity index (χ2v) is 7.03. The predicted molar refractivity (Wildman–Crippen MR) is 93.5 cm³/mol. The Morgan fingerprint density at radius 1 is 1.44 bits per heavy atom. The van der Waals surface area contributed by atoms with Gasteiger partial charge in [-0.25, -0.2) is 0 Å². The molecule has 1 aliphatic heterocycles. The highest BCUT2D eigenvalue weighted by Gasteiger charge is 2.30. The monoisotopic (exact) mass is 340 g/mol. The molecule has 6 nitrogen and oxygen atoms in total. The van der Waals surface area contributed by atoms with Crippen molar-refractivity contribution in [1.82, 2.24) is 19.7 Å². The largest absolute Gasteiger partial charge is 0.486 e. The minimum absolute atomic E-state index is 0.0501. The third-order valence-corrected chi connectivity index (χ3v) is 4.79. The van der Waals surface area contributed by atoms with Gasteiger partial charge in [-0.05, 0) is 43.4 Å². The summed E-state index contributed by atoms with van der Waals surface area (Å²) in [5.74, 6) is 1.54. The Kier molecular flexibility index (Phi) is 4.42. The minimum atomic E-state index is 0.0501. The molecule has 0 unspecified atom stereocenters. The van der Waals surface area contributed by atoms with Gasteiger partial charge >= 0.3 is 0 Å². The zero-order valence-electron chi connectivity index (χ0n) is 14.6. The molecule has 132 valence electrons. The smallest absolute Gasteiger partial charge is 0.274 e. The quantitative estimate of drug-likeness (QED) is 0.777. The first-order valence-corrected chi connectivity index (χ1v) is 9.15. The summed E-state index contributed by atoms with van der Waals surface area (Å²) in [5, 5.41) is 4.54. The summed E-state index contributed by atoms with van der Waals surface area (Å²) in [7, 11) is 0. The first-order valence-electron chi connectivity index (χ1n) is 9.15. The predicted octanol–water partition coefficient (Wildman–Crippen LogP) is 2.54. The topological polar surface area (TPSA) is 60.2 Å². The number of rotatable bonds is 7. The van der Waals surface area contributed by atoms with Gasteiger partial charge in [0.05, 0.1) is 12.7 Å². The van der Waals surface area contributed by atoms with Crippen molar-refractivity contribution in [2.75, 3.05) is 13.1 Å². The van der Waals surface area contributed by atoms with E-state index < -0.39 is 0 Å². The molecule has 2 aliphatic rings. The molecule has 1 saturated carbocycles. The number of fused-ring (bicyclic) bond motifs is 1. The Labute approximate surface area is 147 Å². The van der Waals surface area contributed by atoms with Crippen molar-refractivity contribution in [3.63, 3.8) is 0 Å². The first kappa shape index (κ1) is 16.1. The van der Waals surface area contributed by atoms with Gasteiger partial charge in [-0.3, -0.25) is 14.5 Å². The minimum Gasteiger partial charge on any atom is -0.486 e. The molecule has 1 aliphatic carbocycles. The lowest BCUT2D eigenvalue weighted by molar-refractivity contribution is 0.0740. The van der Waals surface area contributed by atoms with Crippen LogP contribution >= 0.6 is 0 Å². The molecule has 0 aromatic carbocycles. The molecule has 0 radical (unpaired) electrons. The standard InChI is InChI=1S/C19H24N4O2/c1-2-8-22(12-14-5-6-14)19(24)18-10-15-9-17(13-23(15)21-18)25-16-4-3-7-20-11-16/h3-4,7,10-11,14,17H,2,5-6,8-9,12-13H2,1H3/t17-/m0/s1. The Morgan fingerprint density at radius 2 is 2.32 bits per heavy atom. The first-order chi connectivity index (χ1) is 12.2. The maximum Gasteiger partial charge on any atom is 0.274 e. The van der Waals surface area contributed by atoms with Crippen LogP contribution in [0.4, 0.5) is 0 Å². The summed E-state index contributed by atoms with van der Waals surface area (Å²) in [4.78, 5) is 18.8. The molecule has 2 aromatic rings. The van der Waals surface area contributed by atoms with Gasteiger partial charge in [0.2, 0.25) is 0 Å². The third-order valence-electron chi connectivity index (χ3n) is 4.79. The van der Waals surface area contributed by atoms with Crippen LogP contribution in [0.1, 0.15) is 42.4 Å². The molecule has 6 heteroatoms. The van der Waals surface area contributed by atoms with Gasteiger partial charge in [0.1, 0.15) is 11.9 Å². The number of amides is 1. The lowest BCUT2D eigenvalue weighted by Gasteiger charge is -2.21. The van der Waals surface area contributed by atoms with E-state index in [1.54, 1.807) is 12.4 Å². The van der Waals surface area contributed by atoms with E-state index in [0.29, 0.717) is 18.2 Å². The van der Waals surface area contributed by atoms with Crippen LogP contribution in [0.2, 0.25) is 0 Å². The van der Waals surface area contributed by atoms with Crippen LogP contribution in [0, 0.1) is 5.92 Å². The van der Waals surface area contributed by atoms with Crippen LogP contribution in [0.5, 0.6) is 5.75 Å². The Bertz CT molecular complexity index is 716. The van der Waals surface area contributed by atoms with Crippen LogP contribution in [0.3, 0.4) is 0 Å². The summed E-state index contributed by atoms with van der Waals surface area (Å²) < 4.78 is 7.86. The zero-order chi connectivity index (χ0) is 17.2. The summed E-state index contributed by atoms with van der Waals surface area (Å²) in [6, 6.07) is 5.70. The van der Waals surface area contributed by atoms with Crippen molar-refractivity contribution in [2.24, 2.45) is 5.92 Å². The summed E-state index contributed by atoms with van der Waals surface area (Å²) >= 11 is 0. The second kappa shape index (κ2) is 6.86. The van der Waals surface area contributed by atoms with Crippen molar-refractivity contribution in [3.05, 3.63) is 42.0 Å². The molecule has 4 rings (SSSR count). The zero-order valence-corrected chi connectivity index (χ0v) is 14.6. The highest BCUT2D eigenvalue weighted by molar-refractivity contribution is 5.92. The lowest BCUT2D eigenvalue weighted by Crippen LogP contribution is -2.34. The molecule has 0 bridgehead atoms. The third kappa shape index (κ3) is 3.67. The van der Waals surface area contributed by atoms with Crippen LogP contribution in [-0.4, -0.2) is 44.8 Å². The van der Waals surface area contributed by atoms with Gasteiger partial charge in [-0.15, -0.1) is 0 Å². The van der Waals surface area contributed by atoms with Crippen LogP contribution in [0.25, 0.3) is 0 Å². The Hall–Kier alpha value is -2.37. The van der Waals surface area contributed by atoms with Crippen molar-refractivity contribution >= 4 is 5.91 Å². The number of pyridine rings is 1. The molecule has 0 saturated heterocycles. The van der Waals surface area contributed by atoms with E-state index in [1.165, 1.54) is 12.8 Å². The van der Waals surface area contributed by atoms with Gasteiger partial charge < -0.3 is 9.64 Å². The van der Waals surface area contributed by atoms with E-state index in [2.05, 4.69) is 17.0 Å². The van der Waals surface area contributed by atoms with Crippen LogP contribution in [0.15, 0.2) is 30.6 Å². The van der Waals surface area contributed by atoms with Gasteiger partial charge in [0.25, 0.3) is 5.91 Å². The maximum atomic E-state index is 12.8. The molecule has 0 N–H and O–H groups in total. The number of carbonyl (C=O) groups is 1. The van der Waals surface area contributed by atoms with Crippen molar-refractivity contribution in [1.29, 1.82) is 0 Å². The normalized spacial score (nSPS) is 18.8. The molecule has 3 heterocycles. The number of nitrogens with zero attached hydrogens (tertiary/aromatic N) is 4. The maximum absolute atomic E-state index is 12.8. The Morgan fingerprint density at radius 3 is 3.00 bits per heavy atom. The summed E-state index contributed by atoms with van der Waals surface area (Å²) in [6.45, 7) is 4.47. The van der Waals surface area contributed by atoms with E-state index >= 15 is 0 Å². The fourth-order valence-electron chi connectivity index (χ4n) is 3.38. The van der Waals surface area contributed by atoms with E-state index in [1.807, 2.05) is 27.8 Å². The van der Waals surface area contributed by atoms with E-state index in [9.17, 15) is 4.79 Å². The fraction of sp³-hybridized carbons (Fsp3) is 0.526. The lowest BCUT2D eigenvalue weighted by atomic mass is 10.2. The molecule has 1 atom stereocenters. The van der Waals surface area contributed by atoms with Crippen molar-refractivity contribution < 1.29 is 9.53 Å². The molecular weight excluding hydrogens is 316 g/mol. The van der Waals surface area contributed by atoms with Crippen molar-refractivity contribution in [2.45, 2.75) is 45.3 Å². The number of carbonyl (C=O) groups excluding carboxylic acids is 1. The molecular formula is C19H24N4O2. The van der Waals surface area contributed by atoms with E-state index in [-0.39, 0.29) is 12.0 Å². The number of hydrogen-bond donors (Lipinski definition) is 0. The molecule has 1 amide bonds. The van der Waals surface area contributed by atoms with Gasteiger partial charge in [-0.1, -0.05) is 6.92 Å². The molecule has 25 heavy (non-hydrogen) atoms. The van der Waals surface area contributed by atoms with E-state index in [0.717, 1.165) is 37.4 Å². The molecule has 2 aromatic heterocycles. The Balaban J connectivity index is 1.40. The highest BCUT2D eigenvalue weighted by Crippen LogP contribution is 2.30. The summed E-state index contributed by atoms with van der Waals surface area (Å²) in [6.07, 6.45) is 7.75. The second-order valence-electron chi connectivity index (χ2n) is 7.03. The van der Waals surface area contributed by atoms with E-state index in [4.69, 9.17) is 4.74 Å². The van der Waals surface area contributed by atoms with Gasteiger partial charge in [0, 0.05) is 31.4 Å². The number of ether oxygens (including phenoxy) is 1.